The smallest absolute Gasteiger partial charge is 0.416 e. The van der Waals surface area contributed by atoms with Crippen LogP contribution in [0.15, 0.2) is 59.0 Å². The zero-order chi connectivity index (χ0) is 36.3. The monoisotopic (exact) mass is 777 g/mol. The van der Waals surface area contributed by atoms with Crippen LogP contribution in [0, 0.1) is 11.8 Å². The average molecular weight is 779 g/mol. The number of hydrogen-bond acceptors (Lipinski definition) is 8. The molecule has 9 nitrogen and oxygen atoms in total. The highest BCUT2D eigenvalue weighted by atomic mass is 35.5. The van der Waals surface area contributed by atoms with E-state index in [0.717, 1.165) is 31.4 Å². The quantitative estimate of drug-likeness (QED) is 0.151. The van der Waals surface area contributed by atoms with Crippen LogP contribution in [0.3, 0.4) is 0 Å². The highest BCUT2D eigenvalue weighted by Gasteiger charge is 2.30. The Bertz CT molecular complexity index is 2040. The fourth-order valence-corrected chi connectivity index (χ4v) is 8.42. The standard InChI is InChI=1S/C35H34Cl2F3N6O3S2/c1-22-20-45(21-23(2)49-22)51(48)41-19-28-32(34(47)43-44-16-4-3-5-17-44)42-46(30-14-11-26(36)18-29(30)37)33(28)31-15-13-27(50-31)12-8-24-6-9-25(10-7-24)35(38,39)40/h6-7,9-11,13-15,18,22-23H,3-5,16-17,19-21H2,1-2H3,(H,43,47)/q-1. The van der Waals surface area contributed by atoms with E-state index >= 15 is 0 Å². The summed E-state index contributed by atoms with van der Waals surface area (Å²) in [6, 6.07) is 13.2. The van der Waals surface area contributed by atoms with Gasteiger partial charge in [0.05, 0.1) is 43.9 Å². The molecule has 0 spiro atoms. The number of morpholine rings is 1. The minimum Gasteiger partial charge on any atom is -0.430 e. The second-order valence-electron chi connectivity index (χ2n) is 12.3. The number of rotatable bonds is 7. The van der Waals surface area contributed by atoms with Gasteiger partial charge in [0.1, 0.15) is 0 Å². The van der Waals surface area contributed by atoms with E-state index in [-0.39, 0.29) is 29.5 Å². The number of nitrogens with zero attached hydrogens (tertiary/aromatic N) is 5. The lowest BCUT2D eigenvalue weighted by Gasteiger charge is -2.38. The molecule has 270 valence electrons. The van der Waals surface area contributed by atoms with Gasteiger partial charge < -0.3 is 17.6 Å². The number of carbonyl (C=O) groups excluding carboxylic acids is 1. The van der Waals surface area contributed by atoms with E-state index in [1.54, 1.807) is 33.3 Å². The van der Waals surface area contributed by atoms with Crippen LogP contribution in [0.5, 0.6) is 0 Å². The van der Waals surface area contributed by atoms with E-state index < -0.39 is 28.4 Å². The van der Waals surface area contributed by atoms with Crippen LogP contribution in [-0.4, -0.2) is 63.4 Å². The van der Waals surface area contributed by atoms with Crippen molar-refractivity contribution in [2.75, 3.05) is 26.2 Å². The molecule has 1 N–H and O–H groups in total. The maximum Gasteiger partial charge on any atom is 0.416 e. The Kier molecular flexibility index (Phi) is 11.8. The van der Waals surface area contributed by atoms with Crippen molar-refractivity contribution in [3.63, 3.8) is 0 Å². The number of ether oxygens (including phenoxy) is 1. The van der Waals surface area contributed by atoms with Crippen LogP contribution in [0.1, 0.15) is 65.2 Å². The van der Waals surface area contributed by atoms with E-state index in [2.05, 4.69) is 21.6 Å². The third-order valence-corrected chi connectivity index (χ3v) is 10.9. The summed E-state index contributed by atoms with van der Waals surface area (Å²) in [7, 11) is -1.74. The molecular weight excluding hydrogens is 744 g/mol. The number of piperidine rings is 1. The Morgan fingerprint density at radius 3 is 2.41 bits per heavy atom. The minimum atomic E-state index is -4.44. The minimum absolute atomic E-state index is 0.0943. The Labute approximate surface area is 310 Å². The molecule has 0 aliphatic carbocycles. The predicted octanol–water partition coefficient (Wildman–Crippen LogP) is 8.13. The highest BCUT2D eigenvalue weighted by Crippen LogP contribution is 2.37. The van der Waals surface area contributed by atoms with Crippen molar-refractivity contribution in [2.24, 2.45) is 4.36 Å². The Morgan fingerprint density at radius 2 is 1.75 bits per heavy atom. The first-order valence-electron chi connectivity index (χ1n) is 16.3. The van der Waals surface area contributed by atoms with Crippen LogP contribution in [-0.2, 0) is 32.4 Å². The zero-order valence-corrected chi connectivity index (χ0v) is 30.8. The molecule has 2 aliphatic rings. The normalized spacial score (nSPS) is 19.4. The van der Waals surface area contributed by atoms with Crippen molar-refractivity contribution in [3.8, 4) is 28.1 Å². The SMILES string of the molecule is CC1CN([S-](=O)=NCc2c(C(=O)NN3CCCCC3)nn(-c3ccc(Cl)cc3Cl)c2-c2ccc(C#Cc3ccc(C(F)(F)F)cc3)s2)CC(C)O1. The molecule has 2 aromatic carbocycles. The highest BCUT2D eigenvalue weighted by molar-refractivity contribution is 7.72. The van der Waals surface area contributed by atoms with Crippen molar-refractivity contribution < 1.29 is 26.9 Å². The molecule has 2 unspecified atom stereocenters. The van der Waals surface area contributed by atoms with Gasteiger partial charge in [0.15, 0.2) is 5.69 Å². The molecule has 2 atom stereocenters. The summed E-state index contributed by atoms with van der Waals surface area (Å²) in [5.74, 6) is 5.51. The molecule has 2 fully saturated rings. The summed E-state index contributed by atoms with van der Waals surface area (Å²) in [4.78, 5) is 15.2. The van der Waals surface area contributed by atoms with Gasteiger partial charge in [-0.25, -0.2) is 9.69 Å². The van der Waals surface area contributed by atoms with Crippen LogP contribution in [0.25, 0.3) is 16.3 Å². The molecule has 4 heterocycles. The lowest BCUT2D eigenvalue weighted by molar-refractivity contribution is -0.137. The third-order valence-electron chi connectivity index (χ3n) is 8.27. The number of alkyl halides is 3. The van der Waals surface area contributed by atoms with Gasteiger partial charge in [0.2, 0.25) is 0 Å². The largest absolute Gasteiger partial charge is 0.430 e. The summed E-state index contributed by atoms with van der Waals surface area (Å²) >= 11 is 14.2. The van der Waals surface area contributed by atoms with Crippen LogP contribution in [0.4, 0.5) is 13.2 Å². The molecule has 2 aliphatic heterocycles. The molecular formula is C35H34Cl2F3N6O3S2-. The molecule has 0 radical (unpaired) electrons. The Morgan fingerprint density at radius 1 is 1.04 bits per heavy atom. The molecule has 0 bridgehead atoms. The third kappa shape index (κ3) is 9.15. The van der Waals surface area contributed by atoms with Gasteiger partial charge in [-0.3, -0.25) is 10.2 Å². The molecule has 2 saturated heterocycles. The van der Waals surface area contributed by atoms with Gasteiger partial charge in [0, 0.05) is 48.9 Å². The molecule has 16 heteroatoms. The molecule has 1 amide bonds. The number of hydrazine groups is 1. The van der Waals surface area contributed by atoms with Crippen molar-refractivity contribution in [1.82, 2.24) is 24.5 Å². The van der Waals surface area contributed by atoms with Crippen molar-refractivity contribution >= 4 is 51.2 Å². The Hall–Kier alpha value is -3.42. The number of halogens is 5. The second kappa shape index (κ2) is 16.1. The van der Waals surface area contributed by atoms with Gasteiger partial charge in [0.25, 0.3) is 5.91 Å². The van der Waals surface area contributed by atoms with E-state index in [1.165, 1.54) is 23.5 Å². The number of aromatic nitrogens is 2. The topological polar surface area (TPSA) is 92.1 Å². The lowest BCUT2D eigenvalue weighted by atomic mass is 10.1. The maximum atomic E-state index is 14.0. The number of carbonyl (C=O) groups is 1. The fraction of sp³-hybridized carbons (Fsp3) is 0.371. The average Bonchev–Trinajstić information content (AvgIpc) is 3.71. The zero-order valence-electron chi connectivity index (χ0n) is 27.7. The number of thiophene rings is 1. The second-order valence-corrected chi connectivity index (χ2v) is 15.4. The lowest BCUT2D eigenvalue weighted by Crippen LogP contribution is -2.45. The first kappa shape index (κ1) is 37.3. The maximum absolute atomic E-state index is 14.0. The van der Waals surface area contributed by atoms with Crippen molar-refractivity contribution in [1.29, 1.82) is 0 Å². The molecule has 51 heavy (non-hydrogen) atoms. The van der Waals surface area contributed by atoms with E-state index in [1.807, 2.05) is 24.9 Å². The van der Waals surface area contributed by atoms with Gasteiger partial charge >= 0.3 is 6.18 Å². The molecule has 4 aromatic rings. The predicted molar refractivity (Wildman–Crippen MR) is 193 cm³/mol. The fourth-order valence-electron chi connectivity index (χ4n) is 5.93. The molecule has 2 aromatic heterocycles. The number of hydrogen-bond donors (Lipinski definition) is 1. The van der Waals surface area contributed by atoms with E-state index in [0.29, 0.717) is 63.5 Å². The summed E-state index contributed by atoms with van der Waals surface area (Å²) in [5, 5.41) is 7.37. The molecule has 0 saturated carbocycles. The van der Waals surface area contributed by atoms with Crippen molar-refractivity contribution in [3.05, 3.63) is 91.9 Å². The van der Waals surface area contributed by atoms with Gasteiger partial charge in [-0.15, -0.1) is 22.1 Å². The summed E-state index contributed by atoms with van der Waals surface area (Å²) in [5.41, 5.74) is 4.14. The summed E-state index contributed by atoms with van der Waals surface area (Å²) in [6.45, 7) is 5.98. The van der Waals surface area contributed by atoms with E-state index in [9.17, 15) is 22.2 Å². The van der Waals surface area contributed by atoms with Crippen LogP contribution < -0.4 is 5.43 Å². The summed E-state index contributed by atoms with van der Waals surface area (Å²) < 4.78 is 66.3. The first-order valence-corrected chi connectivity index (χ1v) is 18.9. The summed E-state index contributed by atoms with van der Waals surface area (Å²) in [6.07, 6.45) is -1.72. The number of benzene rings is 2. The van der Waals surface area contributed by atoms with Gasteiger partial charge in [-0.2, -0.15) is 18.3 Å². The first-order chi connectivity index (χ1) is 24.4. The van der Waals surface area contributed by atoms with Crippen LogP contribution >= 0.6 is 34.5 Å². The van der Waals surface area contributed by atoms with Gasteiger partial charge in [-0.1, -0.05) is 41.5 Å². The number of amides is 1. The van der Waals surface area contributed by atoms with Crippen molar-refractivity contribution in [2.45, 2.75) is 58.0 Å². The number of nitrogens with one attached hydrogen (secondary N) is 1. The van der Waals surface area contributed by atoms with Crippen LogP contribution in [0.2, 0.25) is 10.0 Å². The van der Waals surface area contributed by atoms with E-state index in [4.69, 9.17) is 33.0 Å². The van der Waals surface area contributed by atoms with Gasteiger partial charge in [-0.05, 0) is 81.3 Å². The molecule has 6 rings (SSSR count). The Balaban J connectivity index is 1.44.